The van der Waals surface area contributed by atoms with E-state index in [1.165, 1.54) is 0 Å². The molecule has 2 unspecified atom stereocenters. The molecule has 0 bridgehead atoms. The number of nitrogens with one attached hydrogen (secondary N) is 2. The van der Waals surface area contributed by atoms with Gasteiger partial charge in [0.15, 0.2) is 15.6 Å². The van der Waals surface area contributed by atoms with Gasteiger partial charge in [-0.1, -0.05) is 44.5 Å². The molecule has 0 aromatic heterocycles. The summed E-state index contributed by atoms with van der Waals surface area (Å²) < 4.78 is 41.5. The third kappa shape index (κ3) is 8.54. The van der Waals surface area contributed by atoms with Gasteiger partial charge in [0, 0.05) is 7.05 Å². The van der Waals surface area contributed by atoms with Crippen molar-refractivity contribution in [2.75, 3.05) is 31.8 Å². The van der Waals surface area contributed by atoms with Crippen molar-refractivity contribution in [3.8, 4) is 0 Å². The van der Waals surface area contributed by atoms with Crippen LogP contribution < -0.4 is 10.9 Å². The molecule has 1 heterocycles. The first-order chi connectivity index (χ1) is 16.6. The maximum atomic E-state index is 13.2. The average Bonchev–Trinajstić information content (AvgIpc) is 3.12. The van der Waals surface area contributed by atoms with Crippen LogP contribution in [0.5, 0.6) is 0 Å². The summed E-state index contributed by atoms with van der Waals surface area (Å²) in [5.74, 6) is -2.33. The van der Waals surface area contributed by atoms with Crippen LogP contribution in [-0.4, -0.2) is 57.8 Å². The summed E-state index contributed by atoms with van der Waals surface area (Å²) in [6, 6.07) is 7.79. The lowest BCUT2D eigenvalue weighted by atomic mass is 9.75. The highest BCUT2D eigenvalue weighted by atomic mass is 32.2. The molecule has 0 spiro atoms. The summed E-state index contributed by atoms with van der Waals surface area (Å²) in [7, 11) is -1.98. The summed E-state index contributed by atoms with van der Waals surface area (Å²) in [4.78, 5) is 24.9. The quantitative estimate of drug-likeness (QED) is 0.297. The Labute approximate surface area is 215 Å². The standard InChI is InChI=1S/C26H42N2O7S/c1-8-33-22(29)17-36(31,32)18-24(2,3)13-10-14-26(6,23(30)28-27-7)20-12-9-11-19(15-20)21-16-34-25(4,5)35-21/h9,11-12,15,21,27H,8,10,13-14,16-18H2,1-7H3,(H,28,30). The SMILES string of the molecule is CCOC(=O)CS(=O)(=O)CC(C)(C)CCCC(C)(C(=O)NNC)c1cccc(C2COC(C)(C)O2)c1. The molecular formula is C26H42N2O7S. The lowest BCUT2D eigenvalue weighted by molar-refractivity contribution is -0.140. The van der Waals surface area contributed by atoms with E-state index in [9.17, 15) is 18.0 Å². The second-order valence-corrected chi connectivity index (χ2v) is 12.9. The molecule has 0 saturated carbocycles. The summed E-state index contributed by atoms with van der Waals surface area (Å²) in [6.07, 6.45) is 1.44. The highest BCUT2D eigenvalue weighted by molar-refractivity contribution is 7.92. The molecule has 1 fully saturated rings. The fourth-order valence-corrected chi connectivity index (χ4v) is 6.47. The van der Waals surface area contributed by atoms with Crippen LogP contribution in [0.25, 0.3) is 0 Å². The van der Waals surface area contributed by atoms with E-state index in [-0.39, 0.29) is 24.4 Å². The molecule has 1 saturated heterocycles. The van der Waals surface area contributed by atoms with Crippen molar-refractivity contribution in [3.05, 3.63) is 35.4 Å². The lowest BCUT2D eigenvalue weighted by Crippen LogP contribution is -2.47. The molecule has 2 rings (SSSR count). The van der Waals surface area contributed by atoms with Crippen molar-refractivity contribution in [2.45, 2.75) is 78.1 Å². The molecule has 1 aromatic carbocycles. The summed E-state index contributed by atoms with van der Waals surface area (Å²) in [6.45, 7) is 11.6. The molecule has 1 aliphatic heterocycles. The zero-order chi connectivity index (χ0) is 27.2. The van der Waals surface area contributed by atoms with Crippen LogP contribution in [-0.2, 0) is 39.1 Å². The fraction of sp³-hybridized carbons (Fsp3) is 0.692. The first kappa shape index (κ1) is 30.2. The Morgan fingerprint density at radius 3 is 2.47 bits per heavy atom. The predicted octanol–water partition coefficient (Wildman–Crippen LogP) is 3.19. The van der Waals surface area contributed by atoms with Gasteiger partial charge in [0.05, 0.1) is 24.4 Å². The molecule has 10 heteroatoms. The normalized spacial score (nSPS) is 19.5. The second kappa shape index (κ2) is 12.0. The smallest absolute Gasteiger partial charge is 0.321 e. The highest BCUT2D eigenvalue weighted by Crippen LogP contribution is 2.37. The number of amides is 1. The minimum Gasteiger partial charge on any atom is -0.465 e. The van der Waals surface area contributed by atoms with Crippen LogP contribution in [0.3, 0.4) is 0 Å². The zero-order valence-electron chi connectivity index (χ0n) is 22.6. The predicted molar refractivity (Wildman–Crippen MR) is 138 cm³/mol. The minimum absolute atomic E-state index is 0.136. The Kier molecular flexibility index (Phi) is 10.1. The van der Waals surface area contributed by atoms with Gasteiger partial charge < -0.3 is 14.2 Å². The zero-order valence-corrected chi connectivity index (χ0v) is 23.4. The van der Waals surface area contributed by atoms with Crippen LogP contribution in [0.4, 0.5) is 0 Å². The van der Waals surface area contributed by atoms with Crippen molar-refractivity contribution in [3.63, 3.8) is 0 Å². The maximum absolute atomic E-state index is 13.2. The molecule has 1 amide bonds. The maximum Gasteiger partial charge on any atom is 0.321 e. The number of hydrazine groups is 1. The third-order valence-electron chi connectivity index (χ3n) is 6.43. The van der Waals surface area contributed by atoms with Crippen molar-refractivity contribution in [1.29, 1.82) is 0 Å². The van der Waals surface area contributed by atoms with Crippen LogP contribution in [0.15, 0.2) is 24.3 Å². The van der Waals surface area contributed by atoms with Crippen molar-refractivity contribution in [2.24, 2.45) is 5.41 Å². The van der Waals surface area contributed by atoms with E-state index in [0.717, 1.165) is 11.1 Å². The monoisotopic (exact) mass is 526 g/mol. The van der Waals surface area contributed by atoms with E-state index in [1.807, 2.05) is 58.9 Å². The van der Waals surface area contributed by atoms with E-state index in [4.69, 9.17) is 14.2 Å². The Morgan fingerprint density at radius 2 is 1.89 bits per heavy atom. The molecule has 204 valence electrons. The summed E-state index contributed by atoms with van der Waals surface area (Å²) in [5.41, 5.74) is 5.77. The molecule has 2 N–H and O–H groups in total. The number of benzene rings is 1. The Balaban J connectivity index is 2.16. The van der Waals surface area contributed by atoms with E-state index in [0.29, 0.717) is 25.9 Å². The third-order valence-corrected chi connectivity index (χ3v) is 8.32. The van der Waals surface area contributed by atoms with Gasteiger partial charge >= 0.3 is 5.97 Å². The highest BCUT2D eigenvalue weighted by Gasteiger charge is 2.38. The van der Waals surface area contributed by atoms with Gasteiger partial charge in [-0.05, 0) is 57.1 Å². The molecule has 0 aliphatic carbocycles. The van der Waals surface area contributed by atoms with Gasteiger partial charge in [-0.25, -0.2) is 13.8 Å². The minimum atomic E-state index is -3.62. The number of hydrogen-bond donors (Lipinski definition) is 2. The number of carbonyl (C=O) groups excluding carboxylic acids is 2. The summed E-state index contributed by atoms with van der Waals surface area (Å²) >= 11 is 0. The van der Waals surface area contributed by atoms with Gasteiger partial charge in [-0.2, -0.15) is 0 Å². The molecule has 0 radical (unpaired) electrons. The van der Waals surface area contributed by atoms with Crippen LogP contribution in [0, 0.1) is 5.41 Å². The van der Waals surface area contributed by atoms with E-state index >= 15 is 0 Å². The molecule has 1 aliphatic rings. The van der Waals surface area contributed by atoms with Crippen molar-refractivity contribution < 1.29 is 32.2 Å². The number of ether oxygens (including phenoxy) is 3. The van der Waals surface area contributed by atoms with E-state index in [1.54, 1.807) is 14.0 Å². The first-order valence-electron chi connectivity index (χ1n) is 12.4. The van der Waals surface area contributed by atoms with Gasteiger partial charge in [0.2, 0.25) is 5.91 Å². The molecule has 36 heavy (non-hydrogen) atoms. The number of rotatable bonds is 13. The second-order valence-electron chi connectivity index (χ2n) is 10.8. The van der Waals surface area contributed by atoms with Gasteiger partial charge in [0.25, 0.3) is 0 Å². The van der Waals surface area contributed by atoms with Gasteiger partial charge in [-0.15, -0.1) is 0 Å². The number of esters is 1. The Morgan fingerprint density at radius 1 is 1.19 bits per heavy atom. The number of hydrogen-bond acceptors (Lipinski definition) is 8. The van der Waals surface area contributed by atoms with Crippen LogP contribution in [0.1, 0.15) is 78.0 Å². The van der Waals surface area contributed by atoms with E-state index < -0.39 is 38.2 Å². The number of carbonyl (C=O) groups is 2. The van der Waals surface area contributed by atoms with Gasteiger partial charge in [-0.3, -0.25) is 15.0 Å². The van der Waals surface area contributed by atoms with Crippen LogP contribution in [0.2, 0.25) is 0 Å². The van der Waals surface area contributed by atoms with Gasteiger partial charge in [0.1, 0.15) is 11.9 Å². The van der Waals surface area contributed by atoms with Crippen molar-refractivity contribution in [1.82, 2.24) is 10.9 Å². The van der Waals surface area contributed by atoms with Crippen molar-refractivity contribution >= 4 is 21.7 Å². The molecule has 9 nitrogen and oxygen atoms in total. The van der Waals surface area contributed by atoms with Crippen LogP contribution >= 0.6 is 0 Å². The topological polar surface area (TPSA) is 120 Å². The molecule has 2 atom stereocenters. The summed E-state index contributed by atoms with van der Waals surface area (Å²) in [5, 5.41) is 0. The largest absolute Gasteiger partial charge is 0.465 e. The van der Waals surface area contributed by atoms with E-state index in [2.05, 4.69) is 10.9 Å². The fourth-order valence-electron chi connectivity index (χ4n) is 4.60. The lowest BCUT2D eigenvalue weighted by Gasteiger charge is -2.31. The Hall–Kier alpha value is -2.01. The molecular weight excluding hydrogens is 484 g/mol. The average molecular weight is 527 g/mol. The first-order valence-corrected chi connectivity index (χ1v) is 14.2. The Bertz CT molecular complexity index is 1020. The molecule has 1 aromatic rings. The number of sulfone groups is 1.